The molecule has 1 aromatic rings. The van der Waals surface area contributed by atoms with Gasteiger partial charge in [-0.05, 0) is 27.9 Å². The van der Waals surface area contributed by atoms with Gasteiger partial charge in [0.2, 0.25) is 5.95 Å². The number of rotatable bonds is 4. The van der Waals surface area contributed by atoms with Gasteiger partial charge >= 0.3 is 0 Å². The lowest BCUT2D eigenvalue weighted by Crippen LogP contribution is -2.21. The number of nitrogens with zero attached hydrogens (tertiary/aromatic N) is 3. The SMILES string of the molecule is Cc1nc(NCCN(C)C)nc(Cl)c1C. The third kappa shape index (κ3) is 3.64. The second kappa shape index (κ2) is 5.28. The van der Waals surface area contributed by atoms with Crippen molar-refractivity contribution in [2.24, 2.45) is 0 Å². The molecule has 15 heavy (non-hydrogen) atoms. The molecule has 84 valence electrons. The maximum Gasteiger partial charge on any atom is 0.224 e. The van der Waals surface area contributed by atoms with Gasteiger partial charge < -0.3 is 10.2 Å². The first-order valence-corrected chi connectivity index (χ1v) is 5.28. The van der Waals surface area contributed by atoms with E-state index in [-0.39, 0.29) is 0 Å². The average molecular weight is 229 g/mol. The minimum absolute atomic E-state index is 0.523. The first-order chi connectivity index (χ1) is 7.00. The molecule has 0 aliphatic rings. The third-order valence-corrected chi connectivity index (χ3v) is 2.54. The molecular formula is C10H17ClN4. The monoisotopic (exact) mass is 228 g/mol. The molecule has 1 rings (SSSR count). The van der Waals surface area contributed by atoms with E-state index < -0.39 is 0 Å². The third-order valence-electron chi connectivity index (χ3n) is 2.17. The van der Waals surface area contributed by atoms with Gasteiger partial charge in [-0.15, -0.1) is 0 Å². The van der Waals surface area contributed by atoms with Crippen LogP contribution in [0.2, 0.25) is 5.15 Å². The molecule has 0 atom stereocenters. The van der Waals surface area contributed by atoms with Crippen molar-refractivity contribution in [1.82, 2.24) is 14.9 Å². The fourth-order valence-electron chi connectivity index (χ4n) is 1.06. The number of likely N-dealkylation sites (N-methyl/N-ethyl adjacent to an activating group) is 1. The van der Waals surface area contributed by atoms with Crippen LogP contribution in [0.25, 0.3) is 0 Å². The largest absolute Gasteiger partial charge is 0.353 e. The van der Waals surface area contributed by atoms with Crippen molar-refractivity contribution >= 4 is 17.5 Å². The van der Waals surface area contributed by atoms with Crippen LogP contribution >= 0.6 is 11.6 Å². The van der Waals surface area contributed by atoms with Crippen LogP contribution in [0.15, 0.2) is 0 Å². The predicted octanol–water partition coefficient (Wildman–Crippen LogP) is 1.72. The van der Waals surface area contributed by atoms with Crippen LogP contribution in [0.3, 0.4) is 0 Å². The number of hydrogen-bond acceptors (Lipinski definition) is 4. The molecular weight excluding hydrogens is 212 g/mol. The fraction of sp³-hybridized carbons (Fsp3) is 0.600. The van der Waals surface area contributed by atoms with Crippen molar-refractivity contribution in [1.29, 1.82) is 0 Å². The molecule has 0 unspecified atom stereocenters. The summed E-state index contributed by atoms with van der Waals surface area (Å²) in [5.41, 5.74) is 1.86. The van der Waals surface area contributed by atoms with Crippen molar-refractivity contribution in [3.8, 4) is 0 Å². The molecule has 1 heterocycles. The van der Waals surface area contributed by atoms with E-state index in [1.165, 1.54) is 0 Å². The zero-order valence-corrected chi connectivity index (χ0v) is 10.4. The van der Waals surface area contributed by atoms with Gasteiger partial charge in [0.15, 0.2) is 0 Å². The molecule has 0 saturated carbocycles. The Morgan fingerprint density at radius 2 is 1.93 bits per heavy atom. The van der Waals surface area contributed by atoms with Gasteiger partial charge in [-0.25, -0.2) is 9.97 Å². The summed E-state index contributed by atoms with van der Waals surface area (Å²) in [6, 6.07) is 0. The Labute approximate surface area is 95.7 Å². The lowest BCUT2D eigenvalue weighted by Gasteiger charge is -2.11. The first-order valence-electron chi connectivity index (χ1n) is 4.90. The van der Waals surface area contributed by atoms with E-state index in [1.807, 2.05) is 27.9 Å². The van der Waals surface area contributed by atoms with Gasteiger partial charge in [0.05, 0.1) is 0 Å². The molecule has 5 heteroatoms. The normalized spacial score (nSPS) is 10.8. The van der Waals surface area contributed by atoms with Crippen LogP contribution in [0.4, 0.5) is 5.95 Å². The Balaban J connectivity index is 2.63. The Kier molecular flexibility index (Phi) is 4.29. The van der Waals surface area contributed by atoms with Gasteiger partial charge in [-0.3, -0.25) is 0 Å². The van der Waals surface area contributed by atoms with E-state index in [4.69, 9.17) is 11.6 Å². The number of anilines is 1. The summed E-state index contributed by atoms with van der Waals surface area (Å²) in [6.45, 7) is 5.60. The first kappa shape index (κ1) is 12.2. The van der Waals surface area contributed by atoms with Gasteiger partial charge in [0.25, 0.3) is 0 Å². The van der Waals surface area contributed by atoms with Crippen LogP contribution < -0.4 is 5.32 Å². The van der Waals surface area contributed by atoms with Crippen molar-refractivity contribution in [3.63, 3.8) is 0 Å². The summed E-state index contributed by atoms with van der Waals surface area (Å²) >= 11 is 5.96. The summed E-state index contributed by atoms with van der Waals surface area (Å²) < 4.78 is 0. The molecule has 0 saturated heterocycles. The highest BCUT2D eigenvalue weighted by Crippen LogP contribution is 2.16. The standard InChI is InChI=1S/C10H17ClN4/c1-7-8(2)13-10(14-9(7)11)12-5-6-15(3)4/h5-6H2,1-4H3,(H,12,13,14). The van der Waals surface area contributed by atoms with Crippen molar-refractivity contribution < 1.29 is 0 Å². The van der Waals surface area contributed by atoms with Crippen LogP contribution in [0.5, 0.6) is 0 Å². The minimum Gasteiger partial charge on any atom is -0.353 e. The summed E-state index contributed by atoms with van der Waals surface area (Å²) in [5, 5.41) is 3.66. The molecule has 0 radical (unpaired) electrons. The molecule has 0 amide bonds. The Morgan fingerprint density at radius 3 is 2.47 bits per heavy atom. The maximum atomic E-state index is 5.96. The smallest absolute Gasteiger partial charge is 0.224 e. The number of aromatic nitrogens is 2. The van der Waals surface area contributed by atoms with Crippen molar-refractivity contribution in [2.75, 3.05) is 32.5 Å². The summed E-state index contributed by atoms with van der Waals surface area (Å²) in [4.78, 5) is 10.6. The fourth-order valence-corrected chi connectivity index (χ4v) is 1.28. The van der Waals surface area contributed by atoms with E-state index in [9.17, 15) is 0 Å². The number of nitrogens with one attached hydrogen (secondary N) is 1. The maximum absolute atomic E-state index is 5.96. The highest BCUT2D eigenvalue weighted by Gasteiger charge is 2.05. The van der Waals surface area contributed by atoms with Gasteiger partial charge in [-0.2, -0.15) is 0 Å². The van der Waals surface area contributed by atoms with E-state index in [0.717, 1.165) is 24.3 Å². The van der Waals surface area contributed by atoms with Gasteiger partial charge in [-0.1, -0.05) is 11.6 Å². The molecule has 1 aromatic heterocycles. The predicted molar refractivity (Wildman–Crippen MR) is 63.6 cm³/mol. The Morgan fingerprint density at radius 1 is 1.27 bits per heavy atom. The van der Waals surface area contributed by atoms with E-state index in [1.54, 1.807) is 0 Å². The number of hydrogen-bond donors (Lipinski definition) is 1. The molecule has 0 aromatic carbocycles. The van der Waals surface area contributed by atoms with Crippen LogP contribution in [0, 0.1) is 13.8 Å². The van der Waals surface area contributed by atoms with Gasteiger partial charge in [0, 0.05) is 24.3 Å². The molecule has 0 aliphatic heterocycles. The Hall–Kier alpha value is -0.870. The lowest BCUT2D eigenvalue weighted by atomic mass is 10.3. The molecule has 4 nitrogen and oxygen atoms in total. The summed E-state index contributed by atoms with van der Waals surface area (Å²) in [5.74, 6) is 0.602. The Bertz CT molecular complexity index is 315. The van der Waals surface area contributed by atoms with E-state index in [2.05, 4.69) is 20.2 Å². The quantitative estimate of drug-likeness (QED) is 0.797. The molecule has 1 N–H and O–H groups in total. The van der Waals surface area contributed by atoms with E-state index in [0.29, 0.717) is 11.1 Å². The summed E-state index contributed by atoms with van der Waals surface area (Å²) in [6.07, 6.45) is 0. The van der Waals surface area contributed by atoms with Crippen LogP contribution in [-0.2, 0) is 0 Å². The summed E-state index contributed by atoms with van der Waals surface area (Å²) in [7, 11) is 4.05. The average Bonchev–Trinajstić information content (AvgIpc) is 2.13. The lowest BCUT2D eigenvalue weighted by molar-refractivity contribution is 0.425. The second-order valence-corrected chi connectivity index (χ2v) is 4.14. The zero-order valence-electron chi connectivity index (χ0n) is 9.63. The van der Waals surface area contributed by atoms with Crippen LogP contribution in [0.1, 0.15) is 11.3 Å². The second-order valence-electron chi connectivity index (χ2n) is 3.78. The van der Waals surface area contributed by atoms with Crippen LogP contribution in [-0.4, -0.2) is 42.1 Å². The highest BCUT2D eigenvalue weighted by molar-refractivity contribution is 6.30. The van der Waals surface area contributed by atoms with Crippen molar-refractivity contribution in [2.45, 2.75) is 13.8 Å². The van der Waals surface area contributed by atoms with E-state index >= 15 is 0 Å². The highest BCUT2D eigenvalue weighted by atomic mass is 35.5. The van der Waals surface area contributed by atoms with Crippen molar-refractivity contribution in [3.05, 3.63) is 16.4 Å². The van der Waals surface area contributed by atoms with Gasteiger partial charge in [0.1, 0.15) is 5.15 Å². The molecule has 0 aliphatic carbocycles. The minimum atomic E-state index is 0.523. The zero-order chi connectivity index (χ0) is 11.4. The number of aryl methyl sites for hydroxylation is 1. The molecule has 0 bridgehead atoms. The topological polar surface area (TPSA) is 41.1 Å². The molecule has 0 spiro atoms. The molecule has 0 fully saturated rings. The number of halogens is 1.